The Morgan fingerprint density at radius 3 is 2.21 bits per heavy atom. The largest absolute Gasteiger partial charge is 0.274 e. The molecule has 1 aliphatic heterocycles. The minimum atomic E-state index is -3.80. The third-order valence-corrected chi connectivity index (χ3v) is 4.95. The van der Waals surface area contributed by atoms with E-state index in [4.69, 9.17) is 0 Å². The molecule has 1 N–H and O–H groups in total. The van der Waals surface area contributed by atoms with E-state index in [2.05, 4.69) is 9.71 Å². The van der Waals surface area contributed by atoms with Gasteiger partial charge in [0, 0.05) is 18.5 Å². The minimum absolute atomic E-state index is 0.0219. The lowest BCUT2D eigenvalue weighted by Gasteiger charge is -2.14. The van der Waals surface area contributed by atoms with E-state index in [1.165, 1.54) is 24.3 Å². The molecule has 0 saturated carbocycles. The molecule has 1 aromatic heterocycles. The third kappa shape index (κ3) is 3.13. The van der Waals surface area contributed by atoms with Gasteiger partial charge in [-0.05, 0) is 43.3 Å². The molecule has 2 heterocycles. The molecule has 0 aliphatic carbocycles. The molecule has 0 atom stereocenters. The van der Waals surface area contributed by atoms with Crippen LogP contribution in [0.4, 0.5) is 11.5 Å². The standard InChI is InChI=1S/C16H15N3O4S/c1-11-3-2-4-14(17-11)18-24(22,23)13-7-5-12(6-8-13)19-15(20)9-10-16(19)21/h2-8H,9-10H2,1H3,(H,17,18). The molecule has 2 aromatic rings. The molecule has 0 radical (unpaired) electrons. The lowest BCUT2D eigenvalue weighted by atomic mass is 10.3. The van der Waals surface area contributed by atoms with Crippen LogP contribution in [0.3, 0.4) is 0 Å². The second-order valence-electron chi connectivity index (χ2n) is 5.39. The van der Waals surface area contributed by atoms with Gasteiger partial charge in [0.05, 0.1) is 10.6 Å². The average Bonchev–Trinajstić information content (AvgIpc) is 2.86. The van der Waals surface area contributed by atoms with Gasteiger partial charge in [0.2, 0.25) is 11.8 Å². The van der Waals surface area contributed by atoms with Gasteiger partial charge >= 0.3 is 0 Å². The number of anilines is 2. The van der Waals surface area contributed by atoms with Gasteiger partial charge in [-0.15, -0.1) is 0 Å². The highest BCUT2D eigenvalue weighted by atomic mass is 32.2. The number of rotatable bonds is 4. The van der Waals surface area contributed by atoms with Gasteiger partial charge in [-0.2, -0.15) is 0 Å². The average molecular weight is 345 g/mol. The van der Waals surface area contributed by atoms with Crippen molar-refractivity contribution in [2.45, 2.75) is 24.7 Å². The topological polar surface area (TPSA) is 96.4 Å². The number of hydrogen-bond donors (Lipinski definition) is 1. The first-order valence-corrected chi connectivity index (χ1v) is 8.77. The quantitative estimate of drug-likeness (QED) is 0.853. The van der Waals surface area contributed by atoms with Crippen LogP contribution in [0.1, 0.15) is 18.5 Å². The number of nitrogens with one attached hydrogen (secondary N) is 1. The van der Waals surface area contributed by atoms with Crippen molar-refractivity contribution in [3.63, 3.8) is 0 Å². The number of nitrogens with zero attached hydrogens (tertiary/aromatic N) is 2. The van der Waals surface area contributed by atoms with Crippen molar-refractivity contribution in [1.29, 1.82) is 0 Å². The first kappa shape index (κ1) is 16.1. The van der Waals surface area contributed by atoms with Crippen LogP contribution in [-0.4, -0.2) is 25.2 Å². The maximum Gasteiger partial charge on any atom is 0.263 e. The Bertz CT molecular complexity index is 891. The first-order valence-electron chi connectivity index (χ1n) is 7.29. The van der Waals surface area contributed by atoms with Crippen LogP contribution in [0.25, 0.3) is 0 Å². The maximum absolute atomic E-state index is 12.4. The molecule has 1 saturated heterocycles. The fourth-order valence-corrected chi connectivity index (χ4v) is 3.44. The number of benzene rings is 1. The van der Waals surface area contributed by atoms with Crippen LogP contribution in [-0.2, 0) is 19.6 Å². The van der Waals surface area contributed by atoms with E-state index in [-0.39, 0.29) is 35.4 Å². The first-order chi connectivity index (χ1) is 11.4. The maximum atomic E-state index is 12.4. The highest BCUT2D eigenvalue weighted by molar-refractivity contribution is 7.92. The van der Waals surface area contributed by atoms with E-state index in [0.717, 1.165) is 4.90 Å². The molecule has 1 fully saturated rings. The number of imide groups is 1. The summed E-state index contributed by atoms with van der Waals surface area (Å²) in [6.45, 7) is 1.76. The number of amides is 2. The van der Waals surface area contributed by atoms with Crippen LogP contribution in [0.5, 0.6) is 0 Å². The second kappa shape index (κ2) is 6.04. The molecule has 1 aliphatic rings. The van der Waals surface area contributed by atoms with E-state index in [1.807, 2.05) is 0 Å². The fourth-order valence-electron chi connectivity index (χ4n) is 2.44. The smallest absolute Gasteiger partial charge is 0.263 e. The molecule has 1 aromatic carbocycles. The summed E-state index contributed by atoms with van der Waals surface area (Å²) >= 11 is 0. The predicted octanol–water partition coefficient (Wildman–Crippen LogP) is 1.84. The molecule has 3 rings (SSSR count). The molecule has 0 spiro atoms. The Balaban J connectivity index is 1.84. The van der Waals surface area contributed by atoms with Crippen molar-refractivity contribution in [2.75, 3.05) is 9.62 Å². The van der Waals surface area contributed by atoms with Crippen molar-refractivity contribution in [2.24, 2.45) is 0 Å². The Kier molecular flexibility index (Phi) is 4.06. The van der Waals surface area contributed by atoms with Gasteiger partial charge in [0.25, 0.3) is 10.0 Å². The number of pyridine rings is 1. The zero-order valence-corrected chi connectivity index (χ0v) is 13.7. The molecule has 8 heteroatoms. The molecule has 0 unspecified atom stereocenters. The summed E-state index contributed by atoms with van der Waals surface area (Å²) in [5, 5.41) is 0. The summed E-state index contributed by atoms with van der Waals surface area (Å²) in [6.07, 6.45) is 0.360. The van der Waals surface area contributed by atoms with Crippen LogP contribution in [0.2, 0.25) is 0 Å². The van der Waals surface area contributed by atoms with Crippen molar-refractivity contribution in [3.8, 4) is 0 Å². The summed E-state index contributed by atoms with van der Waals surface area (Å²) in [6, 6.07) is 10.6. The number of aryl methyl sites for hydroxylation is 1. The Morgan fingerprint density at radius 1 is 1.00 bits per heavy atom. The molecular formula is C16H15N3O4S. The molecule has 0 bridgehead atoms. The number of carbonyl (C=O) groups is 2. The minimum Gasteiger partial charge on any atom is -0.274 e. The monoisotopic (exact) mass is 345 g/mol. The van der Waals surface area contributed by atoms with Gasteiger partial charge in [0.15, 0.2) is 0 Å². The Hall–Kier alpha value is -2.74. The van der Waals surface area contributed by atoms with Crippen LogP contribution in [0.15, 0.2) is 47.4 Å². The SMILES string of the molecule is Cc1cccc(NS(=O)(=O)c2ccc(N3C(=O)CCC3=O)cc2)n1. The van der Waals surface area contributed by atoms with Gasteiger partial charge in [-0.3, -0.25) is 19.2 Å². The zero-order valence-electron chi connectivity index (χ0n) is 12.9. The summed E-state index contributed by atoms with van der Waals surface area (Å²) in [5.41, 5.74) is 1.06. The van der Waals surface area contributed by atoms with Crippen LogP contribution >= 0.6 is 0 Å². The van der Waals surface area contributed by atoms with Crippen molar-refractivity contribution in [1.82, 2.24) is 4.98 Å². The second-order valence-corrected chi connectivity index (χ2v) is 7.07. The fraction of sp³-hybridized carbons (Fsp3) is 0.188. The van der Waals surface area contributed by atoms with E-state index in [9.17, 15) is 18.0 Å². The number of carbonyl (C=O) groups excluding carboxylic acids is 2. The molecule has 2 amide bonds. The zero-order chi connectivity index (χ0) is 17.3. The molecule has 7 nitrogen and oxygen atoms in total. The highest BCUT2D eigenvalue weighted by Crippen LogP contribution is 2.24. The Morgan fingerprint density at radius 2 is 1.62 bits per heavy atom. The molecule has 24 heavy (non-hydrogen) atoms. The lowest BCUT2D eigenvalue weighted by Crippen LogP contribution is -2.28. The normalized spacial score (nSPS) is 15.0. The predicted molar refractivity (Wildman–Crippen MR) is 88.0 cm³/mol. The number of sulfonamides is 1. The lowest BCUT2D eigenvalue weighted by molar-refractivity contribution is -0.121. The third-order valence-electron chi connectivity index (χ3n) is 3.58. The van der Waals surface area contributed by atoms with E-state index < -0.39 is 10.0 Å². The van der Waals surface area contributed by atoms with Crippen molar-refractivity contribution in [3.05, 3.63) is 48.2 Å². The van der Waals surface area contributed by atoms with Crippen LogP contribution in [0, 0.1) is 6.92 Å². The van der Waals surface area contributed by atoms with E-state index in [1.54, 1.807) is 25.1 Å². The summed E-state index contributed by atoms with van der Waals surface area (Å²) in [5.74, 6) is -0.334. The van der Waals surface area contributed by atoms with Gasteiger partial charge in [0.1, 0.15) is 5.82 Å². The molecular weight excluding hydrogens is 330 g/mol. The number of aromatic nitrogens is 1. The van der Waals surface area contributed by atoms with Gasteiger partial charge < -0.3 is 0 Å². The summed E-state index contributed by atoms with van der Waals surface area (Å²) in [7, 11) is -3.80. The van der Waals surface area contributed by atoms with E-state index in [0.29, 0.717) is 11.4 Å². The highest BCUT2D eigenvalue weighted by Gasteiger charge is 2.30. The van der Waals surface area contributed by atoms with Gasteiger partial charge in [-0.1, -0.05) is 6.07 Å². The molecule has 124 valence electrons. The van der Waals surface area contributed by atoms with Crippen molar-refractivity contribution < 1.29 is 18.0 Å². The van der Waals surface area contributed by atoms with Gasteiger partial charge in [-0.25, -0.2) is 13.4 Å². The summed E-state index contributed by atoms with van der Waals surface area (Å²) in [4.78, 5) is 28.6. The van der Waals surface area contributed by atoms with Crippen LogP contribution < -0.4 is 9.62 Å². The van der Waals surface area contributed by atoms with E-state index >= 15 is 0 Å². The Labute approximate surface area is 139 Å². The number of hydrogen-bond acceptors (Lipinski definition) is 5. The van der Waals surface area contributed by atoms with Crippen molar-refractivity contribution >= 4 is 33.3 Å². The summed E-state index contributed by atoms with van der Waals surface area (Å²) < 4.78 is 27.1.